The molecule has 0 radical (unpaired) electrons. The second-order valence-corrected chi connectivity index (χ2v) is 6.83. The van der Waals surface area contributed by atoms with Crippen LogP contribution >= 0.6 is 0 Å². The van der Waals surface area contributed by atoms with Gasteiger partial charge >= 0.3 is 0 Å². The molecule has 0 aromatic heterocycles. The van der Waals surface area contributed by atoms with E-state index in [0.717, 1.165) is 29.1 Å². The Hall–Kier alpha value is -3.27. The van der Waals surface area contributed by atoms with Crippen molar-refractivity contribution >= 4 is 17.3 Å². The summed E-state index contributed by atoms with van der Waals surface area (Å²) in [6.07, 6.45) is 0.874. The van der Waals surface area contributed by atoms with Crippen LogP contribution in [0, 0.1) is 13.8 Å². The molecule has 0 heterocycles. The van der Waals surface area contributed by atoms with Crippen LogP contribution in [-0.2, 0) is 11.2 Å². The molecule has 3 aromatic rings. The van der Waals surface area contributed by atoms with Crippen LogP contribution in [0.4, 0.5) is 11.4 Å². The Labute approximate surface area is 166 Å². The average Bonchev–Trinajstić information content (AvgIpc) is 2.70. The maximum atomic E-state index is 12.2. The van der Waals surface area contributed by atoms with E-state index in [-0.39, 0.29) is 12.5 Å². The van der Waals surface area contributed by atoms with Crippen molar-refractivity contribution in [1.82, 2.24) is 0 Å². The van der Waals surface area contributed by atoms with Crippen LogP contribution in [0.5, 0.6) is 5.75 Å². The third-order valence-corrected chi connectivity index (χ3v) is 4.47. The van der Waals surface area contributed by atoms with Gasteiger partial charge < -0.3 is 15.4 Å². The molecule has 28 heavy (non-hydrogen) atoms. The van der Waals surface area contributed by atoms with Crippen molar-refractivity contribution in [2.45, 2.75) is 20.3 Å². The van der Waals surface area contributed by atoms with Crippen molar-refractivity contribution in [3.05, 3.63) is 89.5 Å². The van der Waals surface area contributed by atoms with E-state index in [2.05, 4.69) is 28.8 Å². The monoisotopic (exact) mass is 374 g/mol. The highest BCUT2D eigenvalue weighted by molar-refractivity contribution is 5.94. The van der Waals surface area contributed by atoms with E-state index in [1.54, 1.807) is 0 Å². The van der Waals surface area contributed by atoms with Crippen molar-refractivity contribution in [2.75, 3.05) is 23.8 Å². The number of rotatable bonds is 8. The van der Waals surface area contributed by atoms with Gasteiger partial charge in [-0.15, -0.1) is 0 Å². The fourth-order valence-electron chi connectivity index (χ4n) is 2.93. The zero-order valence-electron chi connectivity index (χ0n) is 16.4. The summed E-state index contributed by atoms with van der Waals surface area (Å²) >= 11 is 0. The molecule has 0 unspecified atom stereocenters. The molecule has 4 nitrogen and oxygen atoms in total. The molecule has 3 rings (SSSR count). The molecule has 0 saturated heterocycles. The minimum atomic E-state index is -0.0739. The predicted molar refractivity (Wildman–Crippen MR) is 115 cm³/mol. The predicted octanol–water partition coefficient (Wildman–Crippen LogP) is 4.98. The molecule has 144 valence electrons. The minimum Gasteiger partial charge on any atom is -0.493 e. The Balaban J connectivity index is 1.43. The number of nitrogens with one attached hydrogen (secondary N) is 2. The smallest absolute Gasteiger partial charge is 0.243 e. The molecule has 4 heteroatoms. The number of aryl methyl sites for hydroxylation is 2. The molecule has 0 aliphatic heterocycles. The quantitative estimate of drug-likeness (QED) is 0.585. The van der Waals surface area contributed by atoms with E-state index in [1.165, 1.54) is 11.1 Å². The van der Waals surface area contributed by atoms with E-state index in [9.17, 15) is 4.79 Å². The summed E-state index contributed by atoms with van der Waals surface area (Å²) in [7, 11) is 0. The van der Waals surface area contributed by atoms with E-state index in [4.69, 9.17) is 4.74 Å². The molecule has 3 aromatic carbocycles. The maximum Gasteiger partial charge on any atom is 0.243 e. The number of hydrogen-bond donors (Lipinski definition) is 2. The topological polar surface area (TPSA) is 50.4 Å². The number of hydrogen-bond acceptors (Lipinski definition) is 3. The van der Waals surface area contributed by atoms with Gasteiger partial charge in [0.15, 0.2) is 0 Å². The third-order valence-electron chi connectivity index (χ3n) is 4.47. The van der Waals surface area contributed by atoms with Crippen molar-refractivity contribution in [1.29, 1.82) is 0 Å². The molecular weight excluding hydrogens is 348 g/mol. The number of carbonyl (C=O) groups excluding carboxylic acids is 1. The highest BCUT2D eigenvalue weighted by Gasteiger charge is 2.05. The van der Waals surface area contributed by atoms with Crippen LogP contribution in [0.3, 0.4) is 0 Å². The van der Waals surface area contributed by atoms with E-state index in [1.807, 2.05) is 68.4 Å². The number of amides is 1. The molecule has 0 aliphatic carbocycles. The van der Waals surface area contributed by atoms with E-state index < -0.39 is 0 Å². The van der Waals surface area contributed by atoms with E-state index in [0.29, 0.717) is 6.61 Å². The van der Waals surface area contributed by atoms with E-state index >= 15 is 0 Å². The Kier molecular flexibility index (Phi) is 6.68. The second-order valence-electron chi connectivity index (χ2n) is 6.83. The summed E-state index contributed by atoms with van der Waals surface area (Å²) in [6.45, 7) is 4.87. The Morgan fingerprint density at radius 1 is 0.929 bits per heavy atom. The van der Waals surface area contributed by atoms with Gasteiger partial charge in [0.05, 0.1) is 13.2 Å². The lowest BCUT2D eigenvalue weighted by Gasteiger charge is -2.11. The summed E-state index contributed by atoms with van der Waals surface area (Å²) in [5.74, 6) is 0.747. The fourth-order valence-corrected chi connectivity index (χ4v) is 2.93. The van der Waals surface area contributed by atoms with Gasteiger partial charge in [-0.3, -0.25) is 4.79 Å². The van der Waals surface area contributed by atoms with Crippen molar-refractivity contribution in [3.63, 3.8) is 0 Å². The molecule has 0 fully saturated rings. The van der Waals surface area contributed by atoms with Gasteiger partial charge in [-0.2, -0.15) is 0 Å². The number of carbonyl (C=O) groups is 1. The highest BCUT2D eigenvalue weighted by atomic mass is 16.5. The second kappa shape index (κ2) is 9.60. The van der Waals surface area contributed by atoms with Crippen molar-refractivity contribution in [3.8, 4) is 5.75 Å². The summed E-state index contributed by atoms with van der Waals surface area (Å²) < 4.78 is 5.79. The molecule has 0 aliphatic rings. The lowest BCUT2D eigenvalue weighted by atomic mass is 10.1. The van der Waals surface area contributed by atoms with Crippen molar-refractivity contribution < 1.29 is 9.53 Å². The maximum absolute atomic E-state index is 12.2. The summed E-state index contributed by atoms with van der Waals surface area (Å²) in [5, 5.41) is 6.07. The number of ether oxygens (including phenoxy) is 1. The van der Waals surface area contributed by atoms with Gasteiger partial charge in [-0.25, -0.2) is 0 Å². The van der Waals surface area contributed by atoms with Crippen LogP contribution in [0.25, 0.3) is 0 Å². The van der Waals surface area contributed by atoms with Gasteiger partial charge in [0.25, 0.3) is 0 Å². The summed E-state index contributed by atoms with van der Waals surface area (Å²) in [4.78, 5) is 12.2. The van der Waals surface area contributed by atoms with Gasteiger partial charge in [-0.1, -0.05) is 48.0 Å². The molecule has 2 N–H and O–H groups in total. The fraction of sp³-hybridized carbons (Fsp3) is 0.208. The molecule has 1 amide bonds. The first-order valence-electron chi connectivity index (χ1n) is 9.48. The lowest BCUT2D eigenvalue weighted by Crippen LogP contribution is -2.22. The van der Waals surface area contributed by atoms with Gasteiger partial charge in [0.2, 0.25) is 5.91 Å². The molecule has 0 spiro atoms. The average molecular weight is 374 g/mol. The zero-order chi connectivity index (χ0) is 19.8. The van der Waals surface area contributed by atoms with Gasteiger partial charge in [-0.05, 0) is 55.3 Å². The lowest BCUT2D eigenvalue weighted by molar-refractivity contribution is -0.114. The molecule has 0 atom stereocenters. The molecular formula is C24H26N2O2. The highest BCUT2D eigenvalue weighted by Crippen LogP contribution is 2.17. The van der Waals surface area contributed by atoms with Crippen molar-refractivity contribution in [2.24, 2.45) is 0 Å². The normalized spacial score (nSPS) is 10.4. The minimum absolute atomic E-state index is 0.0739. The van der Waals surface area contributed by atoms with Crippen LogP contribution in [0.15, 0.2) is 72.8 Å². The van der Waals surface area contributed by atoms with Crippen LogP contribution in [-0.4, -0.2) is 19.1 Å². The van der Waals surface area contributed by atoms with Crippen LogP contribution in [0.2, 0.25) is 0 Å². The number of benzene rings is 3. The summed E-state index contributed by atoms with van der Waals surface area (Å²) in [6, 6.07) is 23.9. The Morgan fingerprint density at radius 2 is 1.68 bits per heavy atom. The van der Waals surface area contributed by atoms with Gasteiger partial charge in [0.1, 0.15) is 5.75 Å². The van der Waals surface area contributed by atoms with Crippen LogP contribution in [0.1, 0.15) is 16.7 Å². The first kappa shape index (κ1) is 19.5. The number of anilines is 2. The standard InChI is InChI=1S/C24H26N2O2/c1-18-8-13-23(19(2)16-18)26-24(27)17-25-21-9-11-22(12-10-21)28-15-14-20-6-4-3-5-7-20/h3-13,16,25H,14-15,17H2,1-2H3,(H,26,27). The molecule has 0 bridgehead atoms. The largest absolute Gasteiger partial charge is 0.493 e. The summed E-state index contributed by atoms with van der Waals surface area (Å²) in [5.41, 5.74) is 5.23. The first-order valence-corrected chi connectivity index (χ1v) is 9.48. The molecule has 0 saturated carbocycles. The first-order chi connectivity index (χ1) is 13.6. The Morgan fingerprint density at radius 3 is 2.39 bits per heavy atom. The van der Waals surface area contributed by atoms with Gasteiger partial charge in [0, 0.05) is 17.8 Å². The zero-order valence-corrected chi connectivity index (χ0v) is 16.4. The van der Waals surface area contributed by atoms with Crippen LogP contribution < -0.4 is 15.4 Å². The third kappa shape index (κ3) is 5.88. The SMILES string of the molecule is Cc1ccc(NC(=O)CNc2ccc(OCCc3ccccc3)cc2)c(C)c1. The Bertz CT molecular complexity index is 906.